The molecule has 6 nitrogen and oxygen atoms in total. The molecular formula is C18H19N3O3S. The van der Waals surface area contributed by atoms with Crippen LogP contribution in [-0.2, 0) is 9.59 Å². The Morgan fingerprint density at radius 2 is 1.84 bits per heavy atom. The third kappa shape index (κ3) is 5.58. The first kappa shape index (κ1) is 18.4. The second-order valence-electron chi connectivity index (χ2n) is 5.35. The minimum atomic E-state index is -0.362. The molecule has 1 aromatic carbocycles. The van der Waals surface area contributed by atoms with E-state index in [9.17, 15) is 9.59 Å². The molecule has 0 fully saturated rings. The topological polar surface area (TPSA) is 74.6 Å². The Bertz CT molecular complexity index is 809. The molecule has 1 heterocycles. The summed E-state index contributed by atoms with van der Waals surface area (Å²) < 4.78 is 5.34. The lowest BCUT2D eigenvalue weighted by Crippen LogP contribution is -2.32. The Kier molecular flexibility index (Phi) is 6.08. The zero-order valence-electron chi connectivity index (χ0n) is 14.2. The molecule has 0 bridgehead atoms. The standard InChI is InChI=1S/C18H19N3O3S/c1-12-4-9-16(24-12)10-11-17(23)20-18(25)19-14-5-7-15(8-6-14)21(3)13(2)22/h4-11H,1-3H3,(H2,19,20,23,25)/b11-10+. The fourth-order valence-corrected chi connectivity index (χ4v) is 2.19. The number of benzene rings is 1. The van der Waals surface area contributed by atoms with Crippen molar-refractivity contribution < 1.29 is 14.0 Å². The molecule has 0 atom stereocenters. The van der Waals surface area contributed by atoms with Crippen molar-refractivity contribution in [3.05, 3.63) is 54.0 Å². The van der Waals surface area contributed by atoms with Crippen LogP contribution in [-0.4, -0.2) is 24.0 Å². The van der Waals surface area contributed by atoms with Gasteiger partial charge in [0.15, 0.2) is 5.11 Å². The Balaban J connectivity index is 1.88. The van der Waals surface area contributed by atoms with Crippen LogP contribution < -0.4 is 15.5 Å². The van der Waals surface area contributed by atoms with E-state index in [1.165, 1.54) is 17.9 Å². The van der Waals surface area contributed by atoms with Crippen LogP contribution in [0.1, 0.15) is 18.4 Å². The fourth-order valence-electron chi connectivity index (χ4n) is 1.97. The Labute approximate surface area is 151 Å². The molecule has 0 aliphatic carbocycles. The smallest absolute Gasteiger partial charge is 0.250 e. The second kappa shape index (κ2) is 8.25. The lowest BCUT2D eigenvalue weighted by atomic mass is 10.2. The molecule has 2 amide bonds. The molecule has 0 aliphatic rings. The monoisotopic (exact) mass is 357 g/mol. The quantitative estimate of drug-likeness (QED) is 0.650. The predicted molar refractivity (Wildman–Crippen MR) is 102 cm³/mol. The van der Waals surface area contributed by atoms with E-state index in [4.69, 9.17) is 16.6 Å². The van der Waals surface area contributed by atoms with Crippen LogP contribution in [0.5, 0.6) is 0 Å². The number of anilines is 2. The number of hydrogen-bond donors (Lipinski definition) is 2. The van der Waals surface area contributed by atoms with Crippen LogP contribution in [0, 0.1) is 6.92 Å². The van der Waals surface area contributed by atoms with Crippen LogP contribution in [0.2, 0.25) is 0 Å². The van der Waals surface area contributed by atoms with E-state index >= 15 is 0 Å². The van der Waals surface area contributed by atoms with Crippen molar-refractivity contribution in [3.8, 4) is 0 Å². The van der Waals surface area contributed by atoms with Gasteiger partial charge in [-0.1, -0.05) is 0 Å². The highest BCUT2D eigenvalue weighted by Gasteiger charge is 2.06. The molecular weight excluding hydrogens is 338 g/mol. The largest absolute Gasteiger partial charge is 0.462 e. The molecule has 0 spiro atoms. The number of nitrogens with zero attached hydrogens (tertiary/aromatic N) is 1. The van der Waals surface area contributed by atoms with Gasteiger partial charge in [-0.2, -0.15) is 0 Å². The second-order valence-corrected chi connectivity index (χ2v) is 5.76. The van der Waals surface area contributed by atoms with Gasteiger partial charge in [-0.05, 0) is 61.6 Å². The van der Waals surface area contributed by atoms with E-state index in [2.05, 4.69) is 10.6 Å². The van der Waals surface area contributed by atoms with Gasteiger partial charge in [0.05, 0.1) is 0 Å². The third-order valence-electron chi connectivity index (χ3n) is 3.38. The molecule has 2 aromatic rings. The number of nitrogens with one attached hydrogen (secondary N) is 2. The van der Waals surface area contributed by atoms with Crippen LogP contribution in [0.3, 0.4) is 0 Å². The van der Waals surface area contributed by atoms with Crippen LogP contribution in [0.15, 0.2) is 46.9 Å². The molecule has 1 aromatic heterocycles. The summed E-state index contributed by atoms with van der Waals surface area (Å²) in [5.74, 6) is 0.953. The highest BCUT2D eigenvalue weighted by molar-refractivity contribution is 7.80. The number of amides is 2. The molecule has 2 rings (SSSR count). The molecule has 0 aliphatic heterocycles. The summed E-state index contributed by atoms with van der Waals surface area (Å²) in [6.45, 7) is 3.32. The van der Waals surface area contributed by atoms with Crippen molar-refractivity contribution in [1.82, 2.24) is 5.32 Å². The van der Waals surface area contributed by atoms with Crippen molar-refractivity contribution in [3.63, 3.8) is 0 Å². The highest BCUT2D eigenvalue weighted by atomic mass is 32.1. The Hall–Kier alpha value is -2.93. The molecule has 7 heteroatoms. The van der Waals surface area contributed by atoms with Crippen LogP contribution >= 0.6 is 12.2 Å². The third-order valence-corrected chi connectivity index (χ3v) is 3.59. The molecule has 0 saturated heterocycles. The normalized spacial score (nSPS) is 10.5. The summed E-state index contributed by atoms with van der Waals surface area (Å²) in [5, 5.41) is 5.64. The van der Waals surface area contributed by atoms with Gasteiger partial charge in [-0.3, -0.25) is 14.9 Å². The number of carbonyl (C=O) groups is 2. The molecule has 0 saturated carbocycles. The van der Waals surface area contributed by atoms with Crippen molar-refractivity contribution in [2.75, 3.05) is 17.3 Å². The maximum Gasteiger partial charge on any atom is 0.250 e. The summed E-state index contributed by atoms with van der Waals surface area (Å²) in [7, 11) is 1.70. The van der Waals surface area contributed by atoms with E-state index in [1.54, 1.807) is 43.5 Å². The fraction of sp³-hybridized carbons (Fsp3) is 0.167. The van der Waals surface area contributed by atoms with Crippen molar-refractivity contribution in [2.45, 2.75) is 13.8 Å². The van der Waals surface area contributed by atoms with E-state index < -0.39 is 0 Å². The van der Waals surface area contributed by atoms with Gasteiger partial charge in [0.2, 0.25) is 11.8 Å². The summed E-state index contributed by atoms with van der Waals surface area (Å²) in [6, 6.07) is 10.7. The van der Waals surface area contributed by atoms with E-state index in [0.717, 1.165) is 11.4 Å². The highest BCUT2D eigenvalue weighted by Crippen LogP contribution is 2.16. The number of rotatable bonds is 4. The van der Waals surface area contributed by atoms with Gasteiger partial charge in [0.25, 0.3) is 0 Å². The summed E-state index contributed by atoms with van der Waals surface area (Å²) in [4.78, 5) is 24.7. The van der Waals surface area contributed by atoms with Gasteiger partial charge in [-0.25, -0.2) is 0 Å². The maximum atomic E-state index is 11.8. The molecule has 0 radical (unpaired) electrons. The minimum absolute atomic E-state index is 0.0537. The lowest BCUT2D eigenvalue weighted by molar-refractivity contribution is -0.116. The van der Waals surface area contributed by atoms with Crippen LogP contribution in [0.25, 0.3) is 6.08 Å². The van der Waals surface area contributed by atoms with Crippen LogP contribution in [0.4, 0.5) is 11.4 Å². The van der Waals surface area contributed by atoms with E-state index in [0.29, 0.717) is 11.4 Å². The van der Waals surface area contributed by atoms with Gasteiger partial charge in [0, 0.05) is 31.4 Å². The number of carbonyl (C=O) groups excluding carboxylic acids is 2. The first-order valence-electron chi connectivity index (χ1n) is 7.56. The SMILES string of the molecule is CC(=O)N(C)c1ccc(NC(=S)NC(=O)/C=C/c2ccc(C)o2)cc1. The van der Waals surface area contributed by atoms with Crippen molar-refractivity contribution in [2.24, 2.45) is 0 Å². The Morgan fingerprint density at radius 3 is 2.40 bits per heavy atom. The van der Waals surface area contributed by atoms with E-state index in [-0.39, 0.29) is 16.9 Å². The molecule has 2 N–H and O–H groups in total. The molecule has 0 unspecified atom stereocenters. The van der Waals surface area contributed by atoms with E-state index in [1.807, 2.05) is 13.0 Å². The first-order chi connectivity index (χ1) is 11.8. The lowest BCUT2D eigenvalue weighted by Gasteiger charge is -2.15. The summed E-state index contributed by atoms with van der Waals surface area (Å²) >= 11 is 5.11. The maximum absolute atomic E-state index is 11.8. The number of hydrogen-bond acceptors (Lipinski definition) is 4. The molecule has 25 heavy (non-hydrogen) atoms. The number of aryl methyl sites for hydroxylation is 1. The predicted octanol–water partition coefficient (Wildman–Crippen LogP) is 3.10. The Morgan fingerprint density at radius 1 is 1.16 bits per heavy atom. The molecule has 130 valence electrons. The number of furan rings is 1. The summed E-state index contributed by atoms with van der Waals surface area (Å²) in [5.41, 5.74) is 1.47. The van der Waals surface area contributed by atoms with Gasteiger partial charge in [-0.15, -0.1) is 0 Å². The van der Waals surface area contributed by atoms with Gasteiger partial charge < -0.3 is 14.6 Å². The zero-order valence-corrected chi connectivity index (χ0v) is 15.0. The average Bonchev–Trinajstić information content (AvgIpc) is 2.98. The van der Waals surface area contributed by atoms with Gasteiger partial charge in [0.1, 0.15) is 11.5 Å². The minimum Gasteiger partial charge on any atom is -0.462 e. The average molecular weight is 357 g/mol. The summed E-state index contributed by atoms with van der Waals surface area (Å²) in [6.07, 6.45) is 2.91. The van der Waals surface area contributed by atoms with Gasteiger partial charge >= 0.3 is 0 Å². The first-order valence-corrected chi connectivity index (χ1v) is 7.97. The number of thiocarbonyl (C=S) groups is 1. The van der Waals surface area contributed by atoms with Crippen molar-refractivity contribution in [1.29, 1.82) is 0 Å². The zero-order chi connectivity index (χ0) is 18.4. The van der Waals surface area contributed by atoms with Crippen molar-refractivity contribution >= 4 is 46.6 Å².